The van der Waals surface area contributed by atoms with Gasteiger partial charge in [-0.05, 0) is 43.4 Å². The number of nitrogens with one attached hydrogen (secondary N) is 2. The Hall–Kier alpha value is -2.44. The molecule has 2 N–H and O–H groups in total. The summed E-state index contributed by atoms with van der Waals surface area (Å²) in [5, 5.41) is 5.31. The number of carbonyl (C=O) groups is 3. The highest BCUT2D eigenvalue weighted by atomic mass is 19.1. The predicted molar refractivity (Wildman–Crippen MR) is 98.4 cm³/mol. The SMILES string of the molecule is C[C@@H]1[C@H](C)CCC[C@H]1NC(=O)[C@@H](C)OC(=O)CNC(=O)c1cccc(F)c1. The molecule has 0 aliphatic heterocycles. The van der Waals surface area contributed by atoms with Crippen LogP contribution in [0.2, 0.25) is 0 Å². The Morgan fingerprint density at radius 1 is 1.26 bits per heavy atom. The van der Waals surface area contributed by atoms with Crippen LogP contribution in [0, 0.1) is 17.7 Å². The molecule has 0 spiro atoms. The fourth-order valence-corrected chi connectivity index (χ4v) is 3.26. The summed E-state index contributed by atoms with van der Waals surface area (Å²) < 4.78 is 18.2. The molecule has 0 radical (unpaired) electrons. The minimum absolute atomic E-state index is 0.0788. The maximum Gasteiger partial charge on any atom is 0.326 e. The van der Waals surface area contributed by atoms with Crippen LogP contribution in [0.3, 0.4) is 0 Å². The molecule has 1 aromatic rings. The van der Waals surface area contributed by atoms with Crippen LogP contribution >= 0.6 is 0 Å². The van der Waals surface area contributed by atoms with Gasteiger partial charge in [-0.15, -0.1) is 0 Å². The standard InChI is InChI=1S/C20H27FN2O4/c1-12-6-4-9-17(13(12)2)23-19(25)14(3)27-18(24)11-22-20(26)15-7-5-8-16(21)10-15/h5,7-8,10,12-14,17H,4,6,9,11H2,1-3H3,(H,22,26)(H,23,25)/t12-,13-,14-,17-/m1/s1. The van der Waals surface area contributed by atoms with E-state index in [-0.39, 0.29) is 17.5 Å². The van der Waals surface area contributed by atoms with Gasteiger partial charge in [-0.25, -0.2) is 4.39 Å². The molecular formula is C20H27FN2O4. The average Bonchev–Trinajstić information content (AvgIpc) is 2.63. The van der Waals surface area contributed by atoms with Gasteiger partial charge in [-0.1, -0.05) is 32.8 Å². The van der Waals surface area contributed by atoms with Crippen molar-refractivity contribution in [3.05, 3.63) is 35.6 Å². The smallest absolute Gasteiger partial charge is 0.326 e. The van der Waals surface area contributed by atoms with E-state index in [2.05, 4.69) is 24.5 Å². The largest absolute Gasteiger partial charge is 0.451 e. The van der Waals surface area contributed by atoms with Crippen LogP contribution < -0.4 is 10.6 Å². The minimum atomic E-state index is -0.951. The second kappa shape index (κ2) is 9.48. The fourth-order valence-electron chi connectivity index (χ4n) is 3.26. The molecule has 6 nitrogen and oxygen atoms in total. The van der Waals surface area contributed by atoms with Crippen molar-refractivity contribution in [3.63, 3.8) is 0 Å². The Kier molecular flexibility index (Phi) is 7.33. The molecule has 1 fully saturated rings. The highest BCUT2D eigenvalue weighted by molar-refractivity contribution is 5.96. The van der Waals surface area contributed by atoms with Crippen molar-refractivity contribution in [2.45, 2.75) is 52.2 Å². The van der Waals surface area contributed by atoms with E-state index in [0.717, 1.165) is 25.3 Å². The molecule has 1 aliphatic carbocycles. The number of benzene rings is 1. The first-order valence-electron chi connectivity index (χ1n) is 9.31. The maximum atomic E-state index is 13.1. The van der Waals surface area contributed by atoms with Gasteiger partial charge in [0.1, 0.15) is 12.4 Å². The number of halogens is 1. The Balaban J connectivity index is 1.77. The molecule has 2 rings (SSSR count). The Bertz CT molecular complexity index is 694. The van der Waals surface area contributed by atoms with Crippen LogP contribution in [-0.2, 0) is 14.3 Å². The summed E-state index contributed by atoms with van der Waals surface area (Å²) in [5.74, 6) is -1.29. The van der Waals surface area contributed by atoms with Gasteiger partial charge in [-0.3, -0.25) is 14.4 Å². The maximum absolute atomic E-state index is 13.1. The molecule has 0 aromatic heterocycles. The van der Waals surface area contributed by atoms with Gasteiger partial charge in [-0.2, -0.15) is 0 Å². The highest BCUT2D eigenvalue weighted by Crippen LogP contribution is 2.29. The van der Waals surface area contributed by atoms with Crippen LogP contribution in [0.4, 0.5) is 4.39 Å². The zero-order valence-electron chi connectivity index (χ0n) is 16.0. The number of esters is 1. The van der Waals surface area contributed by atoms with Crippen LogP contribution in [0.25, 0.3) is 0 Å². The van der Waals surface area contributed by atoms with Gasteiger partial charge in [0.15, 0.2) is 6.10 Å². The molecule has 27 heavy (non-hydrogen) atoms. The van der Waals surface area contributed by atoms with Gasteiger partial charge in [0.05, 0.1) is 0 Å². The van der Waals surface area contributed by atoms with E-state index in [1.54, 1.807) is 0 Å². The summed E-state index contributed by atoms with van der Waals surface area (Å²) in [5.41, 5.74) is 0.106. The number of ether oxygens (including phenoxy) is 1. The minimum Gasteiger partial charge on any atom is -0.451 e. The van der Waals surface area contributed by atoms with Gasteiger partial charge < -0.3 is 15.4 Å². The second-order valence-electron chi connectivity index (χ2n) is 7.21. The number of hydrogen-bond donors (Lipinski definition) is 2. The van der Waals surface area contributed by atoms with Crippen molar-refractivity contribution in [3.8, 4) is 0 Å². The van der Waals surface area contributed by atoms with E-state index in [4.69, 9.17) is 4.74 Å². The molecule has 0 heterocycles. The number of hydrogen-bond acceptors (Lipinski definition) is 4. The first-order valence-corrected chi connectivity index (χ1v) is 9.31. The molecule has 0 unspecified atom stereocenters. The first kappa shape index (κ1) is 20.9. The highest BCUT2D eigenvalue weighted by Gasteiger charge is 2.30. The molecule has 148 valence electrons. The number of amides is 2. The van der Waals surface area contributed by atoms with Crippen molar-refractivity contribution in [1.29, 1.82) is 0 Å². The molecule has 4 atom stereocenters. The molecule has 0 saturated heterocycles. The second-order valence-corrected chi connectivity index (χ2v) is 7.21. The van der Waals surface area contributed by atoms with E-state index >= 15 is 0 Å². The number of rotatable bonds is 6. The van der Waals surface area contributed by atoms with Gasteiger partial charge in [0, 0.05) is 11.6 Å². The Labute approximate surface area is 158 Å². The summed E-state index contributed by atoms with van der Waals surface area (Å²) in [4.78, 5) is 36.0. The monoisotopic (exact) mass is 378 g/mol. The van der Waals surface area contributed by atoms with Gasteiger partial charge >= 0.3 is 5.97 Å². The van der Waals surface area contributed by atoms with Crippen LogP contribution in [0.1, 0.15) is 50.4 Å². The predicted octanol–water partition coefficient (Wildman–Crippen LogP) is 2.43. The first-order chi connectivity index (χ1) is 12.8. The van der Waals surface area contributed by atoms with E-state index in [1.165, 1.54) is 25.1 Å². The lowest BCUT2D eigenvalue weighted by molar-refractivity contribution is -0.154. The summed E-state index contributed by atoms with van der Waals surface area (Å²) in [6.07, 6.45) is 2.19. The van der Waals surface area contributed by atoms with E-state index in [0.29, 0.717) is 11.8 Å². The van der Waals surface area contributed by atoms with Crippen LogP contribution in [-0.4, -0.2) is 36.5 Å². The van der Waals surface area contributed by atoms with Crippen LogP contribution in [0.15, 0.2) is 24.3 Å². The van der Waals surface area contributed by atoms with Gasteiger partial charge in [0.2, 0.25) is 0 Å². The van der Waals surface area contributed by atoms with E-state index < -0.39 is 30.3 Å². The lowest BCUT2D eigenvalue weighted by Crippen LogP contribution is -2.48. The Morgan fingerprint density at radius 3 is 2.70 bits per heavy atom. The average molecular weight is 378 g/mol. The topological polar surface area (TPSA) is 84.5 Å². The third-order valence-electron chi connectivity index (χ3n) is 5.19. The van der Waals surface area contributed by atoms with E-state index in [1.807, 2.05) is 0 Å². The molecule has 1 saturated carbocycles. The number of carbonyl (C=O) groups excluding carboxylic acids is 3. The lowest BCUT2D eigenvalue weighted by atomic mass is 9.78. The molecule has 1 aromatic carbocycles. The lowest BCUT2D eigenvalue weighted by Gasteiger charge is -2.35. The summed E-state index contributed by atoms with van der Waals surface area (Å²) in [7, 11) is 0. The zero-order chi connectivity index (χ0) is 20.0. The zero-order valence-corrected chi connectivity index (χ0v) is 16.0. The third-order valence-corrected chi connectivity index (χ3v) is 5.19. The Morgan fingerprint density at radius 2 is 2.00 bits per heavy atom. The summed E-state index contributed by atoms with van der Waals surface area (Å²) in [6, 6.07) is 5.21. The molecule has 7 heteroatoms. The quantitative estimate of drug-likeness (QED) is 0.745. The van der Waals surface area contributed by atoms with Crippen LogP contribution in [0.5, 0.6) is 0 Å². The summed E-state index contributed by atoms with van der Waals surface area (Å²) in [6.45, 7) is 5.39. The van der Waals surface area contributed by atoms with E-state index in [9.17, 15) is 18.8 Å². The van der Waals surface area contributed by atoms with Crippen molar-refractivity contribution >= 4 is 17.8 Å². The van der Waals surface area contributed by atoms with Crippen molar-refractivity contribution in [1.82, 2.24) is 10.6 Å². The fraction of sp³-hybridized carbons (Fsp3) is 0.550. The third kappa shape index (κ3) is 6.05. The summed E-state index contributed by atoms with van der Waals surface area (Å²) >= 11 is 0. The van der Waals surface area contributed by atoms with Crippen molar-refractivity contribution in [2.24, 2.45) is 11.8 Å². The molecule has 0 bridgehead atoms. The normalized spacial score (nSPS) is 23.2. The van der Waals surface area contributed by atoms with Gasteiger partial charge in [0.25, 0.3) is 11.8 Å². The van der Waals surface area contributed by atoms with Crippen molar-refractivity contribution in [2.75, 3.05) is 6.54 Å². The molecule has 2 amide bonds. The molecular weight excluding hydrogens is 351 g/mol. The van der Waals surface area contributed by atoms with Crippen molar-refractivity contribution < 1.29 is 23.5 Å². The molecule has 1 aliphatic rings.